The standard InChI is InChI=1S/C14H20ClN5/c1-4-6-20-14(11(15)8-19-20)13(16-5-2)12-9-17-10(3)7-18-12/h7-9,13,16H,4-6H2,1-3H3. The molecule has 0 saturated carbocycles. The van der Waals surface area contributed by atoms with Gasteiger partial charge >= 0.3 is 0 Å². The Bertz CT molecular complexity index is 549. The minimum atomic E-state index is -0.0883. The van der Waals surface area contributed by atoms with Gasteiger partial charge in [-0.2, -0.15) is 5.10 Å². The van der Waals surface area contributed by atoms with Crippen LogP contribution in [0.15, 0.2) is 18.6 Å². The molecule has 0 aliphatic heterocycles. The van der Waals surface area contributed by atoms with E-state index in [1.165, 1.54) is 0 Å². The van der Waals surface area contributed by atoms with Gasteiger partial charge in [-0.15, -0.1) is 0 Å². The Labute approximate surface area is 124 Å². The largest absolute Gasteiger partial charge is 0.304 e. The van der Waals surface area contributed by atoms with Crippen LogP contribution in [0.3, 0.4) is 0 Å². The van der Waals surface area contributed by atoms with Gasteiger partial charge in [0.1, 0.15) is 0 Å². The number of hydrogen-bond donors (Lipinski definition) is 1. The molecule has 2 heterocycles. The predicted octanol–water partition coefficient (Wildman–Crippen LogP) is 2.74. The van der Waals surface area contributed by atoms with E-state index < -0.39 is 0 Å². The normalized spacial score (nSPS) is 12.6. The second-order valence-electron chi connectivity index (χ2n) is 4.67. The molecule has 0 aliphatic carbocycles. The summed E-state index contributed by atoms with van der Waals surface area (Å²) in [6.07, 6.45) is 6.26. The molecule has 1 unspecified atom stereocenters. The Morgan fingerprint density at radius 1 is 1.25 bits per heavy atom. The summed E-state index contributed by atoms with van der Waals surface area (Å²) in [5, 5.41) is 8.42. The maximum absolute atomic E-state index is 6.32. The zero-order valence-electron chi connectivity index (χ0n) is 12.1. The van der Waals surface area contributed by atoms with E-state index in [4.69, 9.17) is 11.6 Å². The van der Waals surface area contributed by atoms with Gasteiger partial charge in [0.15, 0.2) is 0 Å². The number of hydrogen-bond acceptors (Lipinski definition) is 4. The molecule has 0 fully saturated rings. The smallest absolute Gasteiger partial charge is 0.0952 e. The summed E-state index contributed by atoms with van der Waals surface area (Å²) in [6.45, 7) is 7.75. The summed E-state index contributed by atoms with van der Waals surface area (Å²) >= 11 is 6.32. The molecule has 0 aliphatic rings. The van der Waals surface area contributed by atoms with Gasteiger partial charge in [-0.1, -0.05) is 25.4 Å². The molecule has 0 saturated heterocycles. The highest BCUT2D eigenvalue weighted by atomic mass is 35.5. The number of aryl methyl sites for hydroxylation is 2. The van der Waals surface area contributed by atoms with Crippen LogP contribution in [0.2, 0.25) is 5.02 Å². The van der Waals surface area contributed by atoms with E-state index >= 15 is 0 Å². The van der Waals surface area contributed by atoms with Crippen molar-refractivity contribution in [2.75, 3.05) is 6.54 Å². The number of aromatic nitrogens is 4. The van der Waals surface area contributed by atoms with Crippen LogP contribution >= 0.6 is 11.6 Å². The van der Waals surface area contributed by atoms with E-state index in [0.29, 0.717) is 5.02 Å². The predicted molar refractivity (Wildman–Crippen MR) is 79.8 cm³/mol. The third-order valence-electron chi connectivity index (χ3n) is 3.05. The third kappa shape index (κ3) is 3.16. The molecular formula is C14H20ClN5. The average Bonchev–Trinajstić information content (AvgIpc) is 2.79. The Morgan fingerprint density at radius 3 is 2.65 bits per heavy atom. The zero-order chi connectivity index (χ0) is 14.5. The zero-order valence-corrected chi connectivity index (χ0v) is 12.9. The van der Waals surface area contributed by atoms with Gasteiger partial charge in [0.05, 0.1) is 40.5 Å². The van der Waals surface area contributed by atoms with Gasteiger partial charge in [0.25, 0.3) is 0 Å². The van der Waals surface area contributed by atoms with Crippen molar-refractivity contribution >= 4 is 11.6 Å². The SMILES string of the molecule is CCCn1ncc(Cl)c1C(NCC)c1cnc(C)cn1. The van der Waals surface area contributed by atoms with E-state index in [1.54, 1.807) is 18.6 Å². The molecule has 108 valence electrons. The van der Waals surface area contributed by atoms with Gasteiger partial charge in [-0.3, -0.25) is 14.6 Å². The van der Waals surface area contributed by atoms with Crippen molar-refractivity contribution in [3.05, 3.63) is 40.7 Å². The summed E-state index contributed by atoms with van der Waals surface area (Å²) in [6, 6.07) is -0.0883. The van der Waals surface area contributed by atoms with Crippen LogP contribution in [0.25, 0.3) is 0 Å². The quantitative estimate of drug-likeness (QED) is 0.890. The number of nitrogens with one attached hydrogen (secondary N) is 1. The van der Waals surface area contributed by atoms with Crippen molar-refractivity contribution < 1.29 is 0 Å². The molecule has 0 spiro atoms. The number of rotatable bonds is 6. The third-order valence-corrected chi connectivity index (χ3v) is 3.34. The van der Waals surface area contributed by atoms with E-state index in [0.717, 1.165) is 36.6 Å². The molecule has 6 heteroatoms. The molecule has 2 aromatic heterocycles. The number of nitrogens with zero attached hydrogens (tertiary/aromatic N) is 4. The van der Waals surface area contributed by atoms with Crippen molar-refractivity contribution in [2.45, 2.75) is 39.8 Å². The van der Waals surface area contributed by atoms with Gasteiger partial charge in [0.2, 0.25) is 0 Å². The first-order chi connectivity index (χ1) is 9.67. The lowest BCUT2D eigenvalue weighted by Crippen LogP contribution is -2.26. The molecule has 1 N–H and O–H groups in total. The molecule has 0 amide bonds. The summed E-state index contributed by atoms with van der Waals surface area (Å²) in [7, 11) is 0. The van der Waals surface area contributed by atoms with Crippen LogP contribution in [-0.2, 0) is 6.54 Å². The molecule has 0 radical (unpaired) electrons. The van der Waals surface area contributed by atoms with E-state index in [-0.39, 0.29) is 6.04 Å². The van der Waals surface area contributed by atoms with Crippen molar-refractivity contribution in [3.8, 4) is 0 Å². The van der Waals surface area contributed by atoms with E-state index in [9.17, 15) is 0 Å². The first-order valence-electron chi connectivity index (χ1n) is 6.90. The van der Waals surface area contributed by atoms with Crippen LogP contribution in [0, 0.1) is 6.92 Å². The summed E-state index contributed by atoms with van der Waals surface area (Å²) in [5.41, 5.74) is 2.71. The average molecular weight is 294 g/mol. The molecule has 5 nitrogen and oxygen atoms in total. The summed E-state index contributed by atoms with van der Waals surface area (Å²) in [4.78, 5) is 8.79. The van der Waals surface area contributed by atoms with Crippen molar-refractivity contribution in [3.63, 3.8) is 0 Å². The van der Waals surface area contributed by atoms with E-state index in [2.05, 4.69) is 34.2 Å². The maximum atomic E-state index is 6.32. The van der Waals surface area contributed by atoms with Crippen LogP contribution in [0.4, 0.5) is 0 Å². The van der Waals surface area contributed by atoms with Gasteiger partial charge in [0, 0.05) is 12.7 Å². The Morgan fingerprint density at radius 2 is 2.05 bits per heavy atom. The van der Waals surface area contributed by atoms with Crippen LogP contribution in [0.1, 0.15) is 43.4 Å². The van der Waals surface area contributed by atoms with Crippen LogP contribution in [-0.4, -0.2) is 26.3 Å². The fraction of sp³-hybridized carbons (Fsp3) is 0.500. The van der Waals surface area contributed by atoms with Gasteiger partial charge < -0.3 is 5.32 Å². The highest BCUT2D eigenvalue weighted by Crippen LogP contribution is 2.27. The molecule has 0 aromatic carbocycles. The second-order valence-corrected chi connectivity index (χ2v) is 5.08. The Hall–Kier alpha value is -1.46. The molecule has 2 aromatic rings. The molecule has 2 rings (SSSR count). The summed E-state index contributed by atoms with van der Waals surface area (Å²) in [5.74, 6) is 0. The lowest BCUT2D eigenvalue weighted by atomic mass is 10.1. The highest BCUT2D eigenvalue weighted by molar-refractivity contribution is 6.31. The maximum Gasteiger partial charge on any atom is 0.0952 e. The van der Waals surface area contributed by atoms with E-state index in [1.807, 2.05) is 11.6 Å². The Balaban J connectivity index is 2.42. The minimum absolute atomic E-state index is 0.0883. The first-order valence-corrected chi connectivity index (χ1v) is 7.28. The highest BCUT2D eigenvalue weighted by Gasteiger charge is 2.22. The second kappa shape index (κ2) is 6.81. The first kappa shape index (κ1) is 14.9. The van der Waals surface area contributed by atoms with Crippen molar-refractivity contribution in [1.29, 1.82) is 0 Å². The van der Waals surface area contributed by atoms with Gasteiger partial charge in [-0.05, 0) is 19.9 Å². The van der Waals surface area contributed by atoms with Crippen LogP contribution in [0.5, 0.6) is 0 Å². The molecule has 1 atom stereocenters. The molecule has 0 bridgehead atoms. The molecule has 20 heavy (non-hydrogen) atoms. The number of halogens is 1. The fourth-order valence-electron chi connectivity index (χ4n) is 2.15. The Kier molecular flexibility index (Phi) is 5.09. The van der Waals surface area contributed by atoms with Crippen LogP contribution < -0.4 is 5.32 Å². The van der Waals surface area contributed by atoms with Crippen molar-refractivity contribution in [2.24, 2.45) is 0 Å². The lowest BCUT2D eigenvalue weighted by molar-refractivity contribution is 0.513. The molecular weight excluding hydrogens is 274 g/mol. The minimum Gasteiger partial charge on any atom is -0.304 e. The lowest BCUT2D eigenvalue weighted by Gasteiger charge is -2.19. The van der Waals surface area contributed by atoms with Crippen molar-refractivity contribution in [1.82, 2.24) is 25.1 Å². The van der Waals surface area contributed by atoms with Gasteiger partial charge in [-0.25, -0.2) is 0 Å². The summed E-state index contributed by atoms with van der Waals surface area (Å²) < 4.78 is 1.94. The fourth-order valence-corrected chi connectivity index (χ4v) is 2.40. The monoisotopic (exact) mass is 293 g/mol. The topological polar surface area (TPSA) is 55.6 Å².